The van der Waals surface area contributed by atoms with Crippen molar-refractivity contribution < 1.29 is 5.21 Å². The Morgan fingerprint density at radius 1 is 1.41 bits per heavy atom. The third-order valence-electron chi connectivity index (χ3n) is 2.58. The second-order valence-electron chi connectivity index (χ2n) is 4.11. The first-order chi connectivity index (χ1) is 8.19. The number of rotatable bonds is 7. The Balaban J connectivity index is 2.45. The zero-order chi connectivity index (χ0) is 12.7. The Bertz CT molecular complexity index is 374. The quantitative estimate of drug-likeness (QED) is 0.338. The summed E-state index contributed by atoms with van der Waals surface area (Å²) in [5.74, 6) is 0. The number of unbranched alkanes of at least 4 members (excludes halogenated alkanes) is 3. The average Bonchev–Trinajstić information content (AvgIpc) is 2.69. The van der Waals surface area contributed by atoms with Crippen LogP contribution in [0, 0.1) is 6.92 Å². The lowest BCUT2D eigenvalue weighted by atomic mass is 10.2. The molecule has 1 heterocycles. The number of oxime groups is 1. The fourth-order valence-corrected chi connectivity index (χ4v) is 2.53. The molecule has 1 rings (SSSR count). The van der Waals surface area contributed by atoms with E-state index >= 15 is 0 Å². The van der Waals surface area contributed by atoms with Gasteiger partial charge in [0.1, 0.15) is 0 Å². The molecule has 0 aliphatic carbocycles. The van der Waals surface area contributed by atoms with Crippen molar-refractivity contribution in [2.75, 3.05) is 11.9 Å². The standard InChI is InChI=1S/C12H21N3OS/c1-4-5-6-7-8-13-12-14-9(2)11(17-12)10(3)15-16/h16H,4-8H2,1-3H3,(H,13,14)/b15-10+. The largest absolute Gasteiger partial charge is 0.411 e. The van der Waals surface area contributed by atoms with Gasteiger partial charge >= 0.3 is 0 Å². The minimum absolute atomic E-state index is 0.624. The Labute approximate surface area is 107 Å². The van der Waals surface area contributed by atoms with Gasteiger partial charge in [-0.05, 0) is 20.3 Å². The molecule has 1 aromatic heterocycles. The highest BCUT2D eigenvalue weighted by atomic mass is 32.1. The van der Waals surface area contributed by atoms with Crippen LogP contribution in [-0.4, -0.2) is 22.4 Å². The third-order valence-corrected chi connectivity index (χ3v) is 3.81. The van der Waals surface area contributed by atoms with Crippen molar-refractivity contribution in [3.63, 3.8) is 0 Å². The highest BCUT2D eigenvalue weighted by molar-refractivity contribution is 7.17. The van der Waals surface area contributed by atoms with E-state index in [1.807, 2.05) is 6.92 Å². The topological polar surface area (TPSA) is 57.5 Å². The number of thiazole rings is 1. The van der Waals surface area contributed by atoms with Crippen molar-refractivity contribution >= 4 is 22.2 Å². The van der Waals surface area contributed by atoms with Crippen LogP contribution < -0.4 is 5.32 Å². The SMILES string of the molecule is CCCCCCNc1nc(C)c(/C(C)=N/O)s1. The molecule has 1 aromatic rings. The summed E-state index contributed by atoms with van der Waals surface area (Å²) < 4.78 is 0. The van der Waals surface area contributed by atoms with Crippen molar-refractivity contribution in [2.45, 2.75) is 46.5 Å². The highest BCUT2D eigenvalue weighted by Crippen LogP contribution is 2.23. The van der Waals surface area contributed by atoms with E-state index in [9.17, 15) is 0 Å². The van der Waals surface area contributed by atoms with Gasteiger partial charge in [-0.25, -0.2) is 4.98 Å². The number of nitrogens with one attached hydrogen (secondary N) is 1. The molecule has 0 aliphatic heterocycles. The molecule has 4 nitrogen and oxygen atoms in total. The summed E-state index contributed by atoms with van der Waals surface area (Å²) in [6.07, 6.45) is 4.99. The van der Waals surface area contributed by atoms with Gasteiger partial charge in [-0.2, -0.15) is 0 Å². The lowest BCUT2D eigenvalue weighted by Crippen LogP contribution is -2.00. The maximum absolute atomic E-state index is 8.74. The molecule has 0 bridgehead atoms. The fraction of sp³-hybridized carbons (Fsp3) is 0.667. The molecule has 0 radical (unpaired) electrons. The lowest BCUT2D eigenvalue weighted by Gasteiger charge is -2.01. The molecule has 2 N–H and O–H groups in total. The van der Waals surface area contributed by atoms with Crippen molar-refractivity contribution in [1.82, 2.24) is 4.98 Å². The number of hydrogen-bond donors (Lipinski definition) is 2. The van der Waals surface area contributed by atoms with Gasteiger partial charge in [0.05, 0.1) is 16.3 Å². The van der Waals surface area contributed by atoms with Gasteiger partial charge < -0.3 is 10.5 Å². The van der Waals surface area contributed by atoms with Crippen LogP contribution in [0.4, 0.5) is 5.13 Å². The summed E-state index contributed by atoms with van der Waals surface area (Å²) in [6.45, 7) is 6.89. The van der Waals surface area contributed by atoms with Crippen LogP contribution in [0.15, 0.2) is 5.16 Å². The second kappa shape index (κ2) is 7.27. The average molecular weight is 255 g/mol. The zero-order valence-electron chi connectivity index (χ0n) is 10.8. The van der Waals surface area contributed by atoms with E-state index < -0.39 is 0 Å². The van der Waals surface area contributed by atoms with Gasteiger partial charge in [0.25, 0.3) is 0 Å². The van der Waals surface area contributed by atoms with Gasteiger partial charge in [-0.1, -0.05) is 42.7 Å². The van der Waals surface area contributed by atoms with E-state index in [-0.39, 0.29) is 0 Å². The van der Waals surface area contributed by atoms with Crippen LogP contribution in [0.5, 0.6) is 0 Å². The Kier molecular flexibility index (Phi) is 5.97. The van der Waals surface area contributed by atoms with Crippen molar-refractivity contribution in [3.8, 4) is 0 Å². The van der Waals surface area contributed by atoms with E-state index in [4.69, 9.17) is 5.21 Å². The Morgan fingerprint density at radius 2 is 2.18 bits per heavy atom. The number of aromatic nitrogens is 1. The monoisotopic (exact) mass is 255 g/mol. The van der Waals surface area contributed by atoms with Gasteiger partial charge in [0, 0.05) is 6.54 Å². The van der Waals surface area contributed by atoms with Gasteiger partial charge in [0.15, 0.2) is 5.13 Å². The molecule has 0 aromatic carbocycles. The van der Waals surface area contributed by atoms with Crippen LogP contribution >= 0.6 is 11.3 Å². The highest BCUT2D eigenvalue weighted by Gasteiger charge is 2.09. The molecule has 0 fully saturated rings. The van der Waals surface area contributed by atoms with E-state index in [0.29, 0.717) is 5.71 Å². The summed E-state index contributed by atoms with van der Waals surface area (Å²) >= 11 is 1.54. The van der Waals surface area contributed by atoms with E-state index in [1.165, 1.54) is 25.7 Å². The molecule has 0 unspecified atom stereocenters. The van der Waals surface area contributed by atoms with Gasteiger partial charge in [-0.3, -0.25) is 0 Å². The Morgan fingerprint density at radius 3 is 2.82 bits per heavy atom. The smallest absolute Gasteiger partial charge is 0.183 e. The molecule has 0 spiro atoms. The number of nitrogens with zero attached hydrogens (tertiary/aromatic N) is 2. The molecular weight excluding hydrogens is 234 g/mol. The van der Waals surface area contributed by atoms with Crippen LogP contribution in [-0.2, 0) is 0 Å². The first kappa shape index (κ1) is 14.0. The molecule has 17 heavy (non-hydrogen) atoms. The van der Waals surface area contributed by atoms with Gasteiger partial charge in [0.2, 0.25) is 0 Å². The molecule has 96 valence electrons. The Hall–Kier alpha value is -1.10. The van der Waals surface area contributed by atoms with Crippen LogP contribution in [0.25, 0.3) is 0 Å². The normalized spacial score (nSPS) is 11.8. The minimum atomic E-state index is 0.624. The van der Waals surface area contributed by atoms with Crippen LogP contribution in [0.2, 0.25) is 0 Å². The summed E-state index contributed by atoms with van der Waals surface area (Å²) in [6, 6.07) is 0. The maximum atomic E-state index is 8.74. The number of hydrogen-bond acceptors (Lipinski definition) is 5. The van der Waals surface area contributed by atoms with Crippen LogP contribution in [0.1, 0.15) is 50.1 Å². The maximum Gasteiger partial charge on any atom is 0.183 e. The molecule has 0 aliphatic rings. The van der Waals surface area contributed by atoms with E-state index in [1.54, 1.807) is 18.3 Å². The molecular formula is C12H21N3OS. The molecule has 5 heteroatoms. The number of aryl methyl sites for hydroxylation is 1. The summed E-state index contributed by atoms with van der Waals surface area (Å²) in [5.41, 5.74) is 1.54. The van der Waals surface area contributed by atoms with Gasteiger partial charge in [-0.15, -0.1) is 0 Å². The molecule has 0 amide bonds. The van der Waals surface area contributed by atoms with Crippen molar-refractivity contribution in [3.05, 3.63) is 10.6 Å². The van der Waals surface area contributed by atoms with E-state index in [0.717, 1.165) is 22.2 Å². The summed E-state index contributed by atoms with van der Waals surface area (Å²) in [5, 5.41) is 16.2. The van der Waals surface area contributed by atoms with Crippen molar-refractivity contribution in [1.29, 1.82) is 0 Å². The van der Waals surface area contributed by atoms with Crippen LogP contribution in [0.3, 0.4) is 0 Å². The van der Waals surface area contributed by atoms with Crippen molar-refractivity contribution in [2.24, 2.45) is 5.16 Å². The molecule has 0 saturated heterocycles. The third kappa shape index (κ3) is 4.34. The first-order valence-electron chi connectivity index (χ1n) is 6.09. The molecule has 0 saturated carbocycles. The lowest BCUT2D eigenvalue weighted by molar-refractivity contribution is 0.319. The number of anilines is 1. The summed E-state index contributed by atoms with van der Waals surface area (Å²) in [4.78, 5) is 5.36. The molecule has 0 atom stereocenters. The predicted molar refractivity (Wildman–Crippen MR) is 73.5 cm³/mol. The minimum Gasteiger partial charge on any atom is -0.411 e. The summed E-state index contributed by atoms with van der Waals surface area (Å²) in [7, 11) is 0. The fourth-order valence-electron chi connectivity index (χ4n) is 1.60. The predicted octanol–water partition coefficient (Wildman–Crippen LogP) is 3.64. The second-order valence-corrected chi connectivity index (χ2v) is 5.11. The first-order valence-corrected chi connectivity index (χ1v) is 6.91. The zero-order valence-corrected chi connectivity index (χ0v) is 11.6. The van der Waals surface area contributed by atoms with E-state index in [2.05, 4.69) is 22.4 Å².